The highest BCUT2D eigenvalue weighted by Crippen LogP contribution is 2.34. The van der Waals surface area contributed by atoms with Crippen molar-refractivity contribution >= 4 is 29.4 Å². The van der Waals surface area contributed by atoms with Gasteiger partial charge in [-0.2, -0.15) is 0 Å². The summed E-state index contributed by atoms with van der Waals surface area (Å²) >= 11 is 6.16. The van der Waals surface area contributed by atoms with Crippen LogP contribution in [0.4, 0.5) is 4.79 Å². The Hall–Kier alpha value is -3.94. The van der Waals surface area contributed by atoms with Crippen LogP contribution in [0.1, 0.15) is 47.8 Å². The van der Waals surface area contributed by atoms with Crippen molar-refractivity contribution in [2.45, 2.75) is 32.7 Å². The lowest BCUT2D eigenvalue weighted by atomic mass is 9.93. The zero-order valence-corrected chi connectivity index (χ0v) is 22.8. The number of nitrogens with zero attached hydrogens (tertiary/aromatic N) is 1. The van der Waals surface area contributed by atoms with E-state index in [0.29, 0.717) is 41.4 Å². The van der Waals surface area contributed by atoms with Crippen LogP contribution in [0, 0.1) is 0 Å². The lowest BCUT2D eigenvalue weighted by Crippen LogP contribution is -2.49. The van der Waals surface area contributed by atoms with Crippen LogP contribution in [-0.2, 0) is 11.2 Å². The van der Waals surface area contributed by atoms with Gasteiger partial charge in [-0.1, -0.05) is 79.2 Å². The predicted molar refractivity (Wildman–Crippen MR) is 153 cm³/mol. The number of aliphatic carboxylic acids is 1. The minimum absolute atomic E-state index is 0.0258. The molecule has 39 heavy (non-hydrogen) atoms. The molecular weight excluding hydrogens is 514 g/mol. The van der Waals surface area contributed by atoms with Gasteiger partial charge < -0.3 is 20.6 Å². The molecule has 0 fully saturated rings. The topological polar surface area (TPSA) is 98.7 Å². The second kappa shape index (κ2) is 12.7. The number of benzene rings is 3. The zero-order chi connectivity index (χ0) is 27.9. The number of halogens is 1. The van der Waals surface area contributed by atoms with E-state index in [0.717, 1.165) is 17.5 Å². The summed E-state index contributed by atoms with van der Waals surface area (Å²) in [5.41, 5.74) is 5.11. The molecule has 0 bridgehead atoms. The molecule has 0 aromatic heterocycles. The third-order valence-corrected chi connectivity index (χ3v) is 7.11. The Bertz CT molecular complexity index is 1380. The van der Waals surface area contributed by atoms with Crippen molar-refractivity contribution < 1.29 is 19.5 Å². The largest absolute Gasteiger partial charge is 0.478 e. The van der Waals surface area contributed by atoms with E-state index >= 15 is 0 Å². The third-order valence-electron chi connectivity index (χ3n) is 6.88. The molecule has 2 amide bonds. The van der Waals surface area contributed by atoms with Crippen LogP contribution in [0.25, 0.3) is 11.1 Å². The molecule has 0 aliphatic carbocycles. The lowest BCUT2D eigenvalue weighted by Gasteiger charge is -2.37. The van der Waals surface area contributed by atoms with E-state index < -0.39 is 12.0 Å². The average molecular weight is 546 g/mol. The maximum atomic E-state index is 12.8. The first-order chi connectivity index (χ1) is 18.8. The fraction of sp³-hybridized carbons (Fsp3) is 0.258. The summed E-state index contributed by atoms with van der Waals surface area (Å²) in [7, 11) is 0. The summed E-state index contributed by atoms with van der Waals surface area (Å²) in [4.78, 5) is 39.1. The molecule has 0 saturated carbocycles. The number of carboxylic acid groups (broad SMARTS) is 1. The van der Waals surface area contributed by atoms with Gasteiger partial charge in [0.1, 0.15) is 0 Å². The molecule has 1 aliphatic heterocycles. The number of Topliss-reactive ketones (excluding diaryl/α,β-unsaturated/α-hetero) is 1. The normalized spacial score (nSPS) is 15.3. The second-order valence-corrected chi connectivity index (χ2v) is 9.94. The van der Waals surface area contributed by atoms with E-state index in [1.54, 1.807) is 31.2 Å². The van der Waals surface area contributed by atoms with Gasteiger partial charge in [0.05, 0.1) is 18.2 Å². The number of hydrogen-bond donors (Lipinski definition) is 3. The van der Waals surface area contributed by atoms with Crippen LogP contribution in [-0.4, -0.2) is 47.4 Å². The molecule has 1 unspecified atom stereocenters. The minimum Gasteiger partial charge on any atom is -0.478 e. The van der Waals surface area contributed by atoms with Gasteiger partial charge >= 0.3 is 12.0 Å². The van der Waals surface area contributed by atoms with E-state index in [4.69, 9.17) is 11.6 Å². The summed E-state index contributed by atoms with van der Waals surface area (Å²) < 4.78 is 0. The predicted octanol–water partition coefficient (Wildman–Crippen LogP) is 5.86. The van der Waals surface area contributed by atoms with Gasteiger partial charge in [0, 0.05) is 22.8 Å². The maximum absolute atomic E-state index is 12.8. The van der Waals surface area contributed by atoms with E-state index in [1.165, 1.54) is 10.5 Å². The first kappa shape index (κ1) is 28.1. The smallest absolute Gasteiger partial charge is 0.335 e. The number of amides is 2. The van der Waals surface area contributed by atoms with Crippen molar-refractivity contribution in [3.63, 3.8) is 0 Å². The summed E-state index contributed by atoms with van der Waals surface area (Å²) in [5.74, 6) is -1.13. The molecule has 3 aromatic rings. The molecule has 0 radical (unpaired) electrons. The highest BCUT2D eigenvalue weighted by atomic mass is 35.5. The molecule has 3 aromatic carbocycles. The van der Waals surface area contributed by atoms with Crippen LogP contribution < -0.4 is 10.6 Å². The van der Waals surface area contributed by atoms with Crippen molar-refractivity contribution in [2.24, 2.45) is 0 Å². The molecule has 4 rings (SSSR count). The Morgan fingerprint density at radius 1 is 1.03 bits per heavy atom. The molecule has 0 spiro atoms. The van der Waals surface area contributed by atoms with Gasteiger partial charge in [0.25, 0.3) is 0 Å². The first-order valence-corrected chi connectivity index (χ1v) is 13.4. The summed E-state index contributed by atoms with van der Waals surface area (Å²) in [6.45, 7) is 4.63. The Kier molecular flexibility index (Phi) is 9.17. The van der Waals surface area contributed by atoms with Crippen LogP contribution in [0.15, 0.2) is 84.1 Å². The Labute approximate surface area is 233 Å². The molecule has 7 nitrogen and oxygen atoms in total. The van der Waals surface area contributed by atoms with Crippen LogP contribution in [0.5, 0.6) is 0 Å². The van der Waals surface area contributed by atoms with Crippen molar-refractivity contribution in [3.8, 4) is 11.1 Å². The zero-order valence-electron chi connectivity index (χ0n) is 22.0. The molecule has 3 N–H and O–H groups in total. The van der Waals surface area contributed by atoms with Gasteiger partial charge in [-0.25, -0.2) is 9.59 Å². The van der Waals surface area contributed by atoms with E-state index in [9.17, 15) is 19.5 Å². The molecule has 0 saturated heterocycles. The number of hydrogen-bond acceptors (Lipinski definition) is 4. The van der Waals surface area contributed by atoms with E-state index in [1.807, 2.05) is 24.3 Å². The number of carbonyl (C=O) groups excluding carboxylic acids is 2. The molecule has 1 atom stereocenters. The standard InChI is InChI=1S/C31H32ClN3O4/c1-3-21-8-10-22(11-9-21)23-12-14-24(15-13-23)27(36)19-33-16-5-17-35-29(25-6-4-7-26(32)18-25)28(30(37)38)20(2)34-31(35)39/h4,6-15,18,29,33H,3,5,16-17,19H2,1-2H3,(H,34,39)(H,37,38). The highest BCUT2D eigenvalue weighted by Gasteiger charge is 2.37. The number of aryl methyl sites for hydroxylation is 1. The number of rotatable bonds is 11. The van der Waals surface area contributed by atoms with Crippen molar-refractivity contribution in [3.05, 3.63) is 106 Å². The maximum Gasteiger partial charge on any atom is 0.335 e. The SMILES string of the molecule is CCc1ccc(-c2ccc(C(=O)CNCCCN3C(=O)NC(C)=C(C(=O)O)C3c3cccc(Cl)c3)cc2)cc1. The van der Waals surface area contributed by atoms with Gasteiger partial charge in [0.15, 0.2) is 5.78 Å². The number of nitrogens with one attached hydrogen (secondary N) is 2. The van der Waals surface area contributed by atoms with Gasteiger partial charge in [-0.3, -0.25) is 4.79 Å². The van der Waals surface area contributed by atoms with Crippen LogP contribution >= 0.6 is 11.6 Å². The van der Waals surface area contributed by atoms with Gasteiger partial charge in [0.2, 0.25) is 0 Å². The van der Waals surface area contributed by atoms with E-state index in [-0.39, 0.29) is 23.9 Å². The quantitative estimate of drug-likeness (QED) is 0.207. The fourth-order valence-electron chi connectivity index (χ4n) is 4.77. The monoisotopic (exact) mass is 545 g/mol. The third kappa shape index (κ3) is 6.74. The summed E-state index contributed by atoms with van der Waals surface area (Å²) in [6, 6.07) is 21.7. The Morgan fingerprint density at radius 2 is 1.69 bits per heavy atom. The highest BCUT2D eigenvalue weighted by molar-refractivity contribution is 6.30. The number of urea groups is 1. The van der Waals surface area contributed by atoms with Gasteiger partial charge in [-0.05, 0) is 60.7 Å². The average Bonchev–Trinajstić information content (AvgIpc) is 2.93. The molecule has 1 heterocycles. The molecule has 1 aliphatic rings. The van der Waals surface area contributed by atoms with Crippen LogP contribution in [0.3, 0.4) is 0 Å². The van der Waals surface area contributed by atoms with Crippen molar-refractivity contribution in [1.82, 2.24) is 15.5 Å². The molecule has 202 valence electrons. The lowest BCUT2D eigenvalue weighted by molar-refractivity contribution is -0.133. The number of ketones is 1. The summed E-state index contributed by atoms with van der Waals surface area (Å²) in [6.07, 6.45) is 1.52. The first-order valence-electron chi connectivity index (χ1n) is 13.0. The Balaban J connectivity index is 1.34. The minimum atomic E-state index is -1.10. The van der Waals surface area contributed by atoms with E-state index in [2.05, 4.69) is 41.8 Å². The van der Waals surface area contributed by atoms with Gasteiger partial charge in [-0.15, -0.1) is 0 Å². The number of carbonyl (C=O) groups is 3. The number of allylic oxidation sites excluding steroid dienone is 1. The van der Waals surface area contributed by atoms with Crippen molar-refractivity contribution in [2.75, 3.05) is 19.6 Å². The van der Waals surface area contributed by atoms with Crippen molar-refractivity contribution in [1.29, 1.82) is 0 Å². The second-order valence-electron chi connectivity index (χ2n) is 9.51. The Morgan fingerprint density at radius 3 is 2.31 bits per heavy atom. The molecular formula is C31H32ClN3O4. The summed E-state index contributed by atoms with van der Waals surface area (Å²) in [5, 5.41) is 16.1. The number of carboxylic acids is 1. The fourth-order valence-corrected chi connectivity index (χ4v) is 4.97. The molecule has 8 heteroatoms. The van der Waals surface area contributed by atoms with Crippen LogP contribution in [0.2, 0.25) is 5.02 Å².